The number of nitrogens with one attached hydrogen (secondary N) is 1. The number of amides is 1. The standard InChI is InChI=1S/C17H26N2O4/c1-21-9-7-18-6-4-17(20)19-8-5-13-10-15(22-2)16(23-3)11-14(13)12-19/h10-11,18H,4-9,12H2,1-3H3. The molecular formula is C17H26N2O4. The van der Waals surface area contributed by atoms with Gasteiger partial charge >= 0.3 is 0 Å². The second-order valence-electron chi connectivity index (χ2n) is 5.53. The van der Waals surface area contributed by atoms with E-state index in [1.807, 2.05) is 17.0 Å². The molecule has 6 heteroatoms. The molecule has 1 heterocycles. The molecule has 0 aromatic heterocycles. The summed E-state index contributed by atoms with van der Waals surface area (Å²) in [4.78, 5) is 14.2. The van der Waals surface area contributed by atoms with Crippen molar-refractivity contribution in [1.29, 1.82) is 0 Å². The average Bonchev–Trinajstić information content (AvgIpc) is 2.59. The highest BCUT2D eigenvalue weighted by Crippen LogP contribution is 2.33. The second-order valence-corrected chi connectivity index (χ2v) is 5.53. The van der Waals surface area contributed by atoms with Crippen molar-refractivity contribution in [2.75, 3.05) is 47.6 Å². The summed E-state index contributed by atoms with van der Waals surface area (Å²) in [5.41, 5.74) is 2.36. The maximum Gasteiger partial charge on any atom is 0.224 e. The van der Waals surface area contributed by atoms with E-state index in [1.54, 1.807) is 21.3 Å². The van der Waals surface area contributed by atoms with Gasteiger partial charge in [0.25, 0.3) is 0 Å². The molecule has 1 aromatic carbocycles. The van der Waals surface area contributed by atoms with Crippen LogP contribution in [0.2, 0.25) is 0 Å². The summed E-state index contributed by atoms with van der Waals surface area (Å²) in [5.74, 6) is 1.63. The maximum absolute atomic E-state index is 12.3. The first kappa shape index (κ1) is 17.6. The topological polar surface area (TPSA) is 60.0 Å². The van der Waals surface area contributed by atoms with E-state index >= 15 is 0 Å². The first-order valence-corrected chi connectivity index (χ1v) is 7.90. The number of rotatable bonds is 8. The normalized spacial score (nSPS) is 13.6. The van der Waals surface area contributed by atoms with E-state index in [0.717, 1.165) is 30.8 Å². The van der Waals surface area contributed by atoms with Crippen LogP contribution in [-0.2, 0) is 22.5 Å². The van der Waals surface area contributed by atoms with Gasteiger partial charge in [-0.25, -0.2) is 0 Å². The number of carbonyl (C=O) groups is 1. The fourth-order valence-corrected chi connectivity index (χ4v) is 2.75. The molecule has 1 aliphatic rings. The first-order valence-electron chi connectivity index (χ1n) is 7.90. The highest BCUT2D eigenvalue weighted by molar-refractivity contribution is 5.76. The molecule has 0 fully saturated rings. The van der Waals surface area contributed by atoms with E-state index in [-0.39, 0.29) is 5.91 Å². The van der Waals surface area contributed by atoms with Crippen LogP contribution in [0, 0.1) is 0 Å². The Labute approximate surface area is 137 Å². The second kappa shape index (κ2) is 8.74. The molecule has 0 radical (unpaired) electrons. The Kier molecular flexibility index (Phi) is 6.67. The Morgan fingerprint density at radius 1 is 1.13 bits per heavy atom. The minimum atomic E-state index is 0.176. The molecule has 0 saturated heterocycles. The van der Waals surface area contributed by atoms with Crippen LogP contribution in [0.1, 0.15) is 17.5 Å². The quantitative estimate of drug-likeness (QED) is 0.729. The van der Waals surface area contributed by atoms with Crippen LogP contribution in [0.5, 0.6) is 11.5 Å². The van der Waals surface area contributed by atoms with Gasteiger partial charge in [0.05, 0.1) is 20.8 Å². The Morgan fingerprint density at radius 2 is 1.83 bits per heavy atom. The lowest BCUT2D eigenvalue weighted by Crippen LogP contribution is -2.37. The van der Waals surface area contributed by atoms with Gasteiger partial charge in [-0.05, 0) is 29.7 Å². The highest BCUT2D eigenvalue weighted by Gasteiger charge is 2.22. The van der Waals surface area contributed by atoms with Crippen LogP contribution in [0.15, 0.2) is 12.1 Å². The largest absolute Gasteiger partial charge is 0.493 e. The molecule has 128 valence electrons. The van der Waals surface area contributed by atoms with Crippen molar-refractivity contribution in [2.24, 2.45) is 0 Å². The molecule has 0 atom stereocenters. The highest BCUT2D eigenvalue weighted by atomic mass is 16.5. The van der Waals surface area contributed by atoms with E-state index in [9.17, 15) is 4.79 Å². The van der Waals surface area contributed by atoms with Gasteiger partial charge in [0.2, 0.25) is 5.91 Å². The van der Waals surface area contributed by atoms with E-state index in [2.05, 4.69) is 5.32 Å². The molecule has 23 heavy (non-hydrogen) atoms. The summed E-state index contributed by atoms with van der Waals surface area (Å²) >= 11 is 0. The van der Waals surface area contributed by atoms with Crippen molar-refractivity contribution < 1.29 is 19.0 Å². The fraction of sp³-hybridized carbons (Fsp3) is 0.588. The molecule has 2 rings (SSSR count). The number of nitrogens with zero attached hydrogens (tertiary/aromatic N) is 1. The Morgan fingerprint density at radius 3 is 2.48 bits per heavy atom. The van der Waals surface area contributed by atoms with Gasteiger partial charge in [0.15, 0.2) is 11.5 Å². The van der Waals surface area contributed by atoms with Crippen LogP contribution >= 0.6 is 0 Å². The van der Waals surface area contributed by atoms with Gasteiger partial charge in [-0.2, -0.15) is 0 Å². The van der Waals surface area contributed by atoms with E-state index in [4.69, 9.17) is 14.2 Å². The zero-order valence-corrected chi connectivity index (χ0v) is 14.2. The molecule has 0 bridgehead atoms. The number of benzene rings is 1. The maximum atomic E-state index is 12.3. The minimum absolute atomic E-state index is 0.176. The average molecular weight is 322 g/mol. The SMILES string of the molecule is COCCNCCC(=O)N1CCc2cc(OC)c(OC)cc2C1. The molecule has 1 N–H and O–H groups in total. The number of hydrogen-bond donors (Lipinski definition) is 1. The lowest BCUT2D eigenvalue weighted by Gasteiger charge is -2.29. The van der Waals surface area contributed by atoms with Crippen molar-refractivity contribution in [3.8, 4) is 11.5 Å². The Balaban J connectivity index is 1.93. The number of hydrogen-bond acceptors (Lipinski definition) is 5. The lowest BCUT2D eigenvalue weighted by atomic mass is 9.98. The van der Waals surface area contributed by atoms with E-state index < -0.39 is 0 Å². The zero-order valence-electron chi connectivity index (χ0n) is 14.2. The van der Waals surface area contributed by atoms with Crippen LogP contribution in [0.4, 0.5) is 0 Å². The lowest BCUT2D eigenvalue weighted by molar-refractivity contribution is -0.132. The van der Waals surface area contributed by atoms with Gasteiger partial charge in [0.1, 0.15) is 0 Å². The fourth-order valence-electron chi connectivity index (χ4n) is 2.75. The summed E-state index contributed by atoms with van der Waals surface area (Å²) in [6.45, 7) is 3.49. The van der Waals surface area contributed by atoms with Crippen LogP contribution < -0.4 is 14.8 Å². The van der Waals surface area contributed by atoms with Gasteiger partial charge in [-0.15, -0.1) is 0 Å². The van der Waals surface area contributed by atoms with E-state index in [1.165, 1.54) is 5.56 Å². The smallest absolute Gasteiger partial charge is 0.224 e. The third-order valence-electron chi connectivity index (χ3n) is 4.07. The minimum Gasteiger partial charge on any atom is -0.493 e. The molecular weight excluding hydrogens is 296 g/mol. The first-order chi connectivity index (χ1) is 11.2. The van der Waals surface area contributed by atoms with Crippen molar-refractivity contribution in [3.05, 3.63) is 23.3 Å². The number of carbonyl (C=O) groups excluding carboxylic acids is 1. The van der Waals surface area contributed by atoms with Crippen molar-refractivity contribution in [2.45, 2.75) is 19.4 Å². The molecule has 1 amide bonds. The Hall–Kier alpha value is -1.79. The van der Waals surface area contributed by atoms with Gasteiger partial charge in [0, 0.05) is 39.7 Å². The monoisotopic (exact) mass is 322 g/mol. The van der Waals surface area contributed by atoms with Crippen molar-refractivity contribution in [1.82, 2.24) is 10.2 Å². The van der Waals surface area contributed by atoms with Crippen molar-refractivity contribution in [3.63, 3.8) is 0 Å². The summed E-state index contributed by atoms with van der Waals surface area (Å²) in [6.07, 6.45) is 1.35. The van der Waals surface area contributed by atoms with Crippen molar-refractivity contribution >= 4 is 5.91 Å². The summed E-state index contributed by atoms with van der Waals surface area (Å²) in [7, 11) is 4.93. The molecule has 0 spiro atoms. The van der Waals surface area contributed by atoms with Gasteiger partial charge < -0.3 is 24.4 Å². The summed E-state index contributed by atoms with van der Waals surface area (Å²) in [6, 6.07) is 3.99. The Bertz CT molecular complexity index is 534. The predicted octanol–water partition coefficient (Wildman–Crippen LogP) is 1.21. The summed E-state index contributed by atoms with van der Waals surface area (Å²) < 4.78 is 15.7. The number of fused-ring (bicyclic) bond motifs is 1. The third kappa shape index (κ3) is 4.59. The molecule has 6 nitrogen and oxygen atoms in total. The zero-order chi connectivity index (χ0) is 16.7. The molecule has 1 aliphatic heterocycles. The molecule has 0 saturated carbocycles. The van der Waals surface area contributed by atoms with Crippen LogP contribution in [0.25, 0.3) is 0 Å². The summed E-state index contributed by atoms with van der Waals surface area (Å²) in [5, 5.41) is 3.20. The number of ether oxygens (including phenoxy) is 3. The van der Waals surface area contributed by atoms with E-state index in [0.29, 0.717) is 31.9 Å². The molecule has 0 unspecified atom stereocenters. The van der Waals surface area contributed by atoms with Gasteiger partial charge in [-0.1, -0.05) is 0 Å². The predicted molar refractivity (Wildman–Crippen MR) is 88.0 cm³/mol. The third-order valence-corrected chi connectivity index (χ3v) is 4.07. The molecule has 1 aromatic rings. The van der Waals surface area contributed by atoms with Crippen LogP contribution in [-0.4, -0.2) is 58.4 Å². The van der Waals surface area contributed by atoms with Crippen LogP contribution in [0.3, 0.4) is 0 Å². The number of methoxy groups -OCH3 is 3. The molecule has 0 aliphatic carbocycles. The van der Waals surface area contributed by atoms with Gasteiger partial charge in [-0.3, -0.25) is 4.79 Å².